The Bertz CT molecular complexity index is 534. The van der Waals surface area contributed by atoms with Gasteiger partial charge in [-0.15, -0.1) is 0 Å². The van der Waals surface area contributed by atoms with E-state index in [2.05, 4.69) is 17.4 Å². The molecule has 0 aliphatic carbocycles. The maximum absolute atomic E-state index is 11.3. The molecule has 1 amide bonds. The van der Waals surface area contributed by atoms with E-state index in [-0.39, 0.29) is 11.9 Å². The van der Waals surface area contributed by atoms with Crippen molar-refractivity contribution in [2.24, 2.45) is 5.73 Å². The standard InChI is InChI=1S/C16H18N2O/c1-18-16(19)11-15(17)14-9-7-13(8-10-14)12-5-3-2-4-6-12/h2-10,15H,11,17H2,1H3,(H,18,19). The van der Waals surface area contributed by atoms with Crippen LogP contribution in [-0.2, 0) is 4.79 Å². The average molecular weight is 254 g/mol. The number of carbonyl (C=O) groups excluding carboxylic acids is 1. The number of nitrogens with two attached hydrogens (primary N) is 1. The lowest BCUT2D eigenvalue weighted by Gasteiger charge is -2.11. The number of rotatable bonds is 4. The zero-order chi connectivity index (χ0) is 13.7. The molecule has 1 atom stereocenters. The molecule has 2 aromatic carbocycles. The van der Waals surface area contributed by atoms with Gasteiger partial charge in [0.2, 0.25) is 5.91 Å². The number of hydrogen-bond acceptors (Lipinski definition) is 2. The third kappa shape index (κ3) is 3.42. The van der Waals surface area contributed by atoms with Gasteiger partial charge < -0.3 is 11.1 Å². The predicted molar refractivity (Wildman–Crippen MR) is 77.5 cm³/mol. The molecule has 0 spiro atoms. The van der Waals surface area contributed by atoms with Crippen molar-refractivity contribution in [1.29, 1.82) is 0 Å². The summed E-state index contributed by atoms with van der Waals surface area (Å²) in [7, 11) is 1.62. The average Bonchev–Trinajstić information content (AvgIpc) is 2.48. The van der Waals surface area contributed by atoms with Crippen LogP contribution in [-0.4, -0.2) is 13.0 Å². The van der Waals surface area contributed by atoms with E-state index in [1.54, 1.807) is 7.05 Å². The Morgan fingerprint density at radius 1 is 1.05 bits per heavy atom. The molecule has 98 valence electrons. The van der Waals surface area contributed by atoms with Crippen molar-refractivity contribution >= 4 is 5.91 Å². The smallest absolute Gasteiger partial charge is 0.221 e. The van der Waals surface area contributed by atoms with E-state index in [0.29, 0.717) is 6.42 Å². The van der Waals surface area contributed by atoms with Crippen molar-refractivity contribution < 1.29 is 4.79 Å². The first-order chi connectivity index (χ1) is 9.20. The van der Waals surface area contributed by atoms with Gasteiger partial charge >= 0.3 is 0 Å². The molecule has 0 saturated carbocycles. The number of carbonyl (C=O) groups is 1. The minimum atomic E-state index is -0.259. The number of hydrogen-bond donors (Lipinski definition) is 2. The van der Waals surface area contributed by atoms with Gasteiger partial charge in [-0.2, -0.15) is 0 Å². The van der Waals surface area contributed by atoms with Gasteiger partial charge in [0.1, 0.15) is 0 Å². The van der Waals surface area contributed by atoms with E-state index >= 15 is 0 Å². The summed E-state index contributed by atoms with van der Waals surface area (Å²) in [6.45, 7) is 0. The van der Waals surface area contributed by atoms with Crippen molar-refractivity contribution in [3.8, 4) is 11.1 Å². The summed E-state index contributed by atoms with van der Waals surface area (Å²) in [6.07, 6.45) is 0.307. The van der Waals surface area contributed by atoms with Gasteiger partial charge in [-0.1, -0.05) is 54.6 Å². The fraction of sp³-hybridized carbons (Fsp3) is 0.188. The Labute approximate surface area is 113 Å². The normalized spacial score (nSPS) is 11.9. The maximum Gasteiger partial charge on any atom is 0.221 e. The highest BCUT2D eigenvalue weighted by Gasteiger charge is 2.10. The van der Waals surface area contributed by atoms with Crippen molar-refractivity contribution in [2.45, 2.75) is 12.5 Å². The third-order valence-electron chi connectivity index (χ3n) is 3.13. The first-order valence-corrected chi connectivity index (χ1v) is 6.32. The van der Waals surface area contributed by atoms with Crippen molar-refractivity contribution in [3.63, 3.8) is 0 Å². The molecule has 2 rings (SSSR count). The zero-order valence-corrected chi connectivity index (χ0v) is 11.0. The second-order valence-corrected chi connectivity index (χ2v) is 4.47. The van der Waals surface area contributed by atoms with Crippen LogP contribution in [0.2, 0.25) is 0 Å². The van der Waals surface area contributed by atoms with Crippen molar-refractivity contribution in [3.05, 3.63) is 60.2 Å². The van der Waals surface area contributed by atoms with Crippen LogP contribution in [0.1, 0.15) is 18.0 Å². The Hall–Kier alpha value is -2.13. The van der Waals surface area contributed by atoms with Gasteiger partial charge in [-0.3, -0.25) is 4.79 Å². The highest BCUT2D eigenvalue weighted by atomic mass is 16.1. The first kappa shape index (κ1) is 13.3. The Morgan fingerprint density at radius 3 is 2.21 bits per heavy atom. The van der Waals surface area contributed by atoms with Crippen LogP contribution in [0.5, 0.6) is 0 Å². The summed E-state index contributed by atoms with van der Waals surface area (Å²) in [4.78, 5) is 11.3. The van der Waals surface area contributed by atoms with Crippen molar-refractivity contribution in [2.75, 3.05) is 7.05 Å². The van der Waals surface area contributed by atoms with Crippen LogP contribution < -0.4 is 11.1 Å². The molecule has 3 heteroatoms. The van der Waals surface area contributed by atoms with Crippen molar-refractivity contribution in [1.82, 2.24) is 5.32 Å². The van der Waals surface area contributed by atoms with Gasteiger partial charge in [0.15, 0.2) is 0 Å². The van der Waals surface area contributed by atoms with Crippen LogP contribution in [0.25, 0.3) is 11.1 Å². The highest BCUT2D eigenvalue weighted by Crippen LogP contribution is 2.22. The van der Waals surface area contributed by atoms with E-state index in [9.17, 15) is 4.79 Å². The van der Waals surface area contributed by atoms with E-state index in [4.69, 9.17) is 5.73 Å². The van der Waals surface area contributed by atoms with Crippen LogP contribution in [0.4, 0.5) is 0 Å². The molecule has 3 nitrogen and oxygen atoms in total. The van der Waals surface area contributed by atoms with Gasteiger partial charge in [-0.05, 0) is 16.7 Å². The molecule has 3 N–H and O–H groups in total. The predicted octanol–water partition coefficient (Wildman–Crippen LogP) is 2.49. The molecule has 0 aromatic heterocycles. The summed E-state index contributed by atoms with van der Waals surface area (Å²) >= 11 is 0. The van der Waals surface area contributed by atoms with E-state index < -0.39 is 0 Å². The molecule has 2 aromatic rings. The Balaban J connectivity index is 2.12. The molecule has 0 bridgehead atoms. The number of nitrogens with one attached hydrogen (secondary N) is 1. The molecular formula is C16H18N2O. The molecule has 19 heavy (non-hydrogen) atoms. The molecule has 0 aliphatic heterocycles. The minimum Gasteiger partial charge on any atom is -0.359 e. The molecular weight excluding hydrogens is 236 g/mol. The lowest BCUT2D eigenvalue weighted by atomic mass is 9.99. The summed E-state index contributed by atoms with van der Waals surface area (Å²) in [5.74, 6) is -0.0420. The molecule has 1 unspecified atom stereocenters. The zero-order valence-electron chi connectivity index (χ0n) is 11.0. The molecule has 0 saturated heterocycles. The lowest BCUT2D eigenvalue weighted by molar-refractivity contribution is -0.120. The van der Waals surface area contributed by atoms with Crippen LogP contribution in [0, 0.1) is 0 Å². The second-order valence-electron chi connectivity index (χ2n) is 4.47. The van der Waals surface area contributed by atoms with Crippen LogP contribution in [0.3, 0.4) is 0 Å². The molecule has 0 aliphatic rings. The number of benzene rings is 2. The van der Waals surface area contributed by atoms with E-state index in [1.807, 2.05) is 42.5 Å². The van der Waals surface area contributed by atoms with Gasteiger partial charge in [0.05, 0.1) is 0 Å². The van der Waals surface area contributed by atoms with Crippen LogP contribution in [0.15, 0.2) is 54.6 Å². The topological polar surface area (TPSA) is 55.1 Å². The molecule has 0 radical (unpaired) electrons. The summed E-state index contributed by atoms with van der Waals surface area (Å²) in [6, 6.07) is 17.9. The fourth-order valence-electron chi connectivity index (χ4n) is 1.97. The fourth-order valence-corrected chi connectivity index (χ4v) is 1.97. The maximum atomic E-state index is 11.3. The molecule has 0 fully saturated rings. The van der Waals surface area contributed by atoms with Gasteiger partial charge in [0.25, 0.3) is 0 Å². The monoisotopic (exact) mass is 254 g/mol. The lowest BCUT2D eigenvalue weighted by Crippen LogP contribution is -2.24. The SMILES string of the molecule is CNC(=O)CC(N)c1ccc(-c2ccccc2)cc1. The van der Waals surface area contributed by atoms with Crippen LogP contribution >= 0.6 is 0 Å². The third-order valence-corrected chi connectivity index (χ3v) is 3.13. The summed E-state index contributed by atoms with van der Waals surface area (Å²) in [5, 5.41) is 2.58. The largest absolute Gasteiger partial charge is 0.359 e. The minimum absolute atomic E-state index is 0.0420. The van der Waals surface area contributed by atoms with Gasteiger partial charge in [0, 0.05) is 19.5 Å². The quantitative estimate of drug-likeness (QED) is 0.880. The summed E-state index contributed by atoms with van der Waals surface area (Å²) in [5.41, 5.74) is 9.30. The van der Waals surface area contributed by atoms with E-state index in [1.165, 1.54) is 5.56 Å². The highest BCUT2D eigenvalue weighted by molar-refractivity contribution is 5.76. The Kier molecular flexibility index (Phi) is 4.31. The number of amides is 1. The molecule has 0 heterocycles. The van der Waals surface area contributed by atoms with E-state index in [0.717, 1.165) is 11.1 Å². The first-order valence-electron chi connectivity index (χ1n) is 6.32. The van der Waals surface area contributed by atoms with Gasteiger partial charge in [-0.25, -0.2) is 0 Å². The second kappa shape index (κ2) is 6.16. The summed E-state index contributed by atoms with van der Waals surface area (Å²) < 4.78 is 0. The Morgan fingerprint density at radius 2 is 1.63 bits per heavy atom.